The summed E-state index contributed by atoms with van der Waals surface area (Å²) in [7, 11) is 0. The van der Waals surface area contributed by atoms with Crippen molar-refractivity contribution < 1.29 is 9.53 Å². The predicted molar refractivity (Wildman–Crippen MR) is 72.6 cm³/mol. The Kier molecular flexibility index (Phi) is 5.24. The summed E-state index contributed by atoms with van der Waals surface area (Å²) >= 11 is 9.25. The normalized spacial score (nSPS) is 12.1. The van der Waals surface area contributed by atoms with Crippen LogP contribution in [-0.4, -0.2) is 18.6 Å². The molecule has 1 aromatic carbocycles. The summed E-state index contributed by atoms with van der Waals surface area (Å²) in [5.74, 6) is 0.256. The number of rotatable bonds is 4. The number of amides is 1. The van der Waals surface area contributed by atoms with Crippen molar-refractivity contribution in [2.75, 3.05) is 11.9 Å². The van der Waals surface area contributed by atoms with Crippen LogP contribution in [0.2, 0.25) is 5.02 Å². The minimum atomic E-state index is -0.595. The van der Waals surface area contributed by atoms with E-state index in [4.69, 9.17) is 22.1 Å². The third-order valence-corrected chi connectivity index (χ3v) is 2.78. The average Bonchev–Trinajstić information content (AvgIpc) is 2.22. The highest BCUT2D eigenvalue weighted by atomic mass is 79.9. The summed E-state index contributed by atoms with van der Waals surface area (Å²) in [4.78, 5) is 11.5. The van der Waals surface area contributed by atoms with E-state index < -0.39 is 6.04 Å². The monoisotopic (exact) mass is 320 g/mol. The van der Waals surface area contributed by atoms with Crippen LogP contribution in [0.5, 0.6) is 5.75 Å². The molecule has 0 saturated heterocycles. The van der Waals surface area contributed by atoms with Crippen molar-refractivity contribution in [1.82, 2.24) is 0 Å². The van der Waals surface area contributed by atoms with Crippen LogP contribution in [0.25, 0.3) is 0 Å². The Morgan fingerprint density at radius 1 is 1.65 bits per heavy atom. The smallest absolute Gasteiger partial charge is 0.241 e. The Morgan fingerprint density at radius 2 is 2.29 bits per heavy atom. The Morgan fingerprint density at radius 3 is 2.82 bits per heavy atom. The van der Waals surface area contributed by atoms with Gasteiger partial charge in [0.25, 0.3) is 0 Å². The van der Waals surface area contributed by atoms with Crippen molar-refractivity contribution in [3.8, 4) is 5.75 Å². The van der Waals surface area contributed by atoms with Crippen molar-refractivity contribution in [2.45, 2.75) is 19.9 Å². The first-order chi connectivity index (χ1) is 7.95. The van der Waals surface area contributed by atoms with Gasteiger partial charge in [0.15, 0.2) is 5.75 Å². The molecular formula is C11H14BrClN2O2. The molecule has 3 N–H and O–H groups in total. The van der Waals surface area contributed by atoms with Crippen LogP contribution in [0, 0.1) is 0 Å². The molecule has 94 valence electrons. The number of anilines is 1. The molecule has 1 amide bonds. The molecule has 0 aliphatic heterocycles. The molecule has 0 unspecified atom stereocenters. The van der Waals surface area contributed by atoms with Crippen LogP contribution in [-0.2, 0) is 4.79 Å². The zero-order valence-electron chi connectivity index (χ0n) is 9.59. The summed E-state index contributed by atoms with van der Waals surface area (Å²) < 4.78 is 6.13. The molecule has 0 bridgehead atoms. The molecule has 1 rings (SSSR count). The number of benzene rings is 1. The number of carbonyl (C=O) groups is 1. The van der Waals surface area contributed by atoms with Crippen molar-refractivity contribution in [2.24, 2.45) is 5.73 Å². The number of hydrogen-bond acceptors (Lipinski definition) is 3. The lowest BCUT2D eigenvalue weighted by atomic mass is 10.2. The molecule has 4 nitrogen and oxygen atoms in total. The van der Waals surface area contributed by atoms with E-state index in [1.165, 1.54) is 0 Å². The number of ether oxygens (including phenoxy) is 1. The van der Waals surface area contributed by atoms with E-state index in [-0.39, 0.29) is 5.91 Å². The van der Waals surface area contributed by atoms with Crippen LogP contribution in [0.3, 0.4) is 0 Å². The molecule has 17 heavy (non-hydrogen) atoms. The maximum Gasteiger partial charge on any atom is 0.241 e. The van der Waals surface area contributed by atoms with E-state index in [0.717, 1.165) is 0 Å². The zero-order valence-corrected chi connectivity index (χ0v) is 11.9. The van der Waals surface area contributed by atoms with Gasteiger partial charge in [0.2, 0.25) is 5.91 Å². The highest BCUT2D eigenvalue weighted by molar-refractivity contribution is 9.10. The lowest BCUT2D eigenvalue weighted by molar-refractivity contribution is -0.117. The Hall–Kier alpha value is -0.780. The molecule has 0 saturated carbocycles. The second-order valence-corrected chi connectivity index (χ2v) is 4.77. The van der Waals surface area contributed by atoms with Gasteiger partial charge in [0.05, 0.1) is 22.8 Å². The average molecular weight is 322 g/mol. The molecule has 0 aliphatic rings. The summed E-state index contributed by atoms with van der Waals surface area (Å²) in [6.45, 7) is 3.95. The van der Waals surface area contributed by atoms with Gasteiger partial charge in [-0.2, -0.15) is 0 Å². The van der Waals surface area contributed by atoms with Crippen LogP contribution >= 0.6 is 27.5 Å². The zero-order chi connectivity index (χ0) is 13.0. The molecule has 0 spiro atoms. The quantitative estimate of drug-likeness (QED) is 0.896. The second kappa shape index (κ2) is 6.23. The highest BCUT2D eigenvalue weighted by Gasteiger charge is 2.14. The van der Waals surface area contributed by atoms with Crippen molar-refractivity contribution in [1.29, 1.82) is 0 Å². The summed E-state index contributed by atoms with van der Waals surface area (Å²) in [6, 6.07) is 2.73. The SMILES string of the molecule is CCOc1c(Br)cc(Cl)cc1NC(=O)[C@@H](C)N. The lowest BCUT2D eigenvalue weighted by Crippen LogP contribution is -2.32. The molecular weight excluding hydrogens is 307 g/mol. The van der Waals surface area contributed by atoms with Crippen LogP contribution in [0.1, 0.15) is 13.8 Å². The number of halogens is 2. The van der Waals surface area contributed by atoms with Crippen LogP contribution < -0.4 is 15.8 Å². The number of nitrogens with two attached hydrogens (primary N) is 1. The highest BCUT2D eigenvalue weighted by Crippen LogP contribution is 2.36. The second-order valence-electron chi connectivity index (χ2n) is 3.48. The Bertz CT molecular complexity index is 424. The molecule has 0 aliphatic carbocycles. The third-order valence-electron chi connectivity index (χ3n) is 1.97. The largest absolute Gasteiger partial charge is 0.491 e. The van der Waals surface area contributed by atoms with Gasteiger partial charge in [-0.05, 0) is 41.9 Å². The van der Waals surface area contributed by atoms with Gasteiger partial charge in [0, 0.05) is 5.02 Å². The fraction of sp³-hybridized carbons (Fsp3) is 0.364. The molecule has 0 fully saturated rings. The van der Waals surface area contributed by atoms with Gasteiger partial charge < -0.3 is 15.8 Å². The fourth-order valence-electron chi connectivity index (χ4n) is 1.19. The maximum atomic E-state index is 11.5. The minimum absolute atomic E-state index is 0.292. The van der Waals surface area contributed by atoms with E-state index in [1.807, 2.05) is 6.92 Å². The maximum absolute atomic E-state index is 11.5. The van der Waals surface area contributed by atoms with E-state index in [9.17, 15) is 4.79 Å². The van der Waals surface area contributed by atoms with Crippen molar-refractivity contribution in [3.63, 3.8) is 0 Å². The molecule has 0 heterocycles. The Balaban J connectivity index is 3.07. The molecule has 0 aromatic heterocycles. The molecule has 6 heteroatoms. The van der Waals surface area contributed by atoms with E-state index in [2.05, 4.69) is 21.2 Å². The van der Waals surface area contributed by atoms with E-state index >= 15 is 0 Å². The first-order valence-corrected chi connectivity index (χ1v) is 6.31. The topological polar surface area (TPSA) is 64.3 Å². The van der Waals surface area contributed by atoms with Gasteiger partial charge in [-0.1, -0.05) is 11.6 Å². The molecule has 1 atom stereocenters. The predicted octanol–water partition coefficient (Wildman–Crippen LogP) is 2.79. The van der Waals surface area contributed by atoms with Gasteiger partial charge in [0.1, 0.15) is 0 Å². The molecule has 1 aromatic rings. The van der Waals surface area contributed by atoms with Crippen LogP contribution in [0.4, 0.5) is 5.69 Å². The summed E-state index contributed by atoms with van der Waals surface area (Å²) in [5.41, 5.74) is 5.99. The first kappa shape index (κ1) is 14.3. The van der Waals surface area contributed by atoms with Crippen molar-refractivity contribution >= 4 is 39.1 Å². The van der Waals surface area contributed by atoms with Crippen LogP contribution in [0.15, 0.2) is 16.6 Å². The van der Waals surface area contributed by atoms with Gasteiger partial charge >= 0.3 is 0 Å². The number of hydrogen-bond donors (Lipinski definition) is 2. The number of carbonyl (C=O) groups excluding carboxylic acids is 1. The fourth-order valence-corrected chi connectivity index (χ4v) is 2.12. The van der Waals surface area contributed by atoms with Crippen molar-refractivity contribution in [3.05, 3.63) is 21.6 Å². The van der Waals surface area contributed by atoms with E-state index in [1.54, 1.807) is 19.1 Å². The first-order valence-electron chi connectivity index (χ1n) is 5.14. The Labute approximate surface area is 114 Å². The summed E-state index contributed by atoms with van der Waals surface area (Å²) in [6.07, 6.45) is 0. The van der Waals surface area contributed by atoms with Gasteiger partial charge in [-0.3, -0.25) is 4.79 Å². The lowest BCUT2D eigenvalue weighted by Gasteiger charge is -2.14. The van der Waals surface area contributed by atoms with Gasteiger partial charge in [-0.25, -0.2) is 0 Å². The number of nitrogens with one attached hydrogen (secondary N) is 1. The molecule has 0 radical (unpaired) electrons. The standard InChI is InChI=1S/C11H14BrClN2O2/c1-3-17-10-8(12)4-7(13)5-9(10)15-11(16)6(2)14/h4-6H,3,14H2,1-2H3,(H,15,16)/t6-/m1/s1. The third kappa shape index (κ3) is 3.87. The summed E-state index contributed by atoms with van der Waals surface area (Å²) in [5, 5.41) is 3.17. The minimum Gasteiger partial charge on any atom is -0.491 e. The van der Waals surface area contributed by atoms with E-state index in [0.29, 0.717) is 27.5 Å². The van der Waals surface area contributed by atoms with Gasteiger partial charge in [-0.15, -0.1) is 0 Å².